The maximum atomic E-state index is 12.6. The number of nitrogens with zero attached hydrogens (tertiary/aromatic N) is 2. The van der Waals surface area contributed by atoms with Crippen LogP contribution >= 0.6 is 11.3 Å². The summed E-state index contributed by atoms with van der Waals surface area (Å²) < 4.78 is 0. The molecule has 2 aliphatic rings. The number of piperazine rings is 1. The van der Waals surface area contributed by atoms with Crippen molar-refractivity contribution in [2.45, 2.75) is 33.1 Å². The molecular weight excluding hydrogens is 334 g/mol. The van der Waals surface area contributed by atoms with Crippen molar-refractivity contribution in [2.75, 3.05) is 39.3 Å². The third-order valence-electron chi connectivity index (χ3n) is 5.56. The number of piperidine rings is 1. The van der Waals surface area contributed by atoms with Gasteiger partial charge in [0.1, 0.15) is 0 Å². The highest BCUT2D eigenvalue weighted by molar-refractivity contribution is 7.13. The van der Waals surface area contributed by atoms with Gasteiger partial charge in [-0.15, -0.1) is 11.3 Å². The highest BCUT2D eigenvalue weighted by Crippen LogP contribution is 2.25. The molecule has 6 heteroatoms. The molecule has 0 aliphatic carbocycles. The van der Waals surface area contributed by atoms with Crippen molar-refractivity contribution in [3.05, 3.63) is 21.9 Å². The van der Waals surface area contributed by atoms with Crippen LogP contribution in [0.5, 0.6) is 0 Å². The fourth-order valence-electron chi connectivity index (χ4n) is 3.85. The van der Waals surface area contributed by atoms with Crippen molar-refractivity contribution in [2.24, 2.45) is 11.8 Å². The minimum atomic E-state index is 0.105. The molecule has 2 saturated heterocycles. The minimum Gasteiger partial charge on any atom is -0.339 e. The van der Waals surface area contributed by atoms with Gasteiger partial charge in [-0.05, 0) is 56.8 Å². The van der Waals surface area contributed by atoms with Gasteiger partial charge < -0.3 is 15.1 Å². The molecule has 2 aliphatic heterocycles. The van der Waals surface area contributed by atoms with Crippen LogP contribution in [0.1, 0.15) is 40.7 Å². The highest BCUT2D eigenvalue weighted by Gasteiger charge is 2.28. The van der Waals surface area contributed by atoms with Crippen LogP contribution < -0.4 is 5.32 Å². The monoisotopic (exact) mass is 363 g/mol. The summed E-state index contributed by atoms with van der Waals surface area (Å²) in [5, 5.41) is 3.38. The number of nitrogens with one attached hydrogen (secondary N) is 1. The number of carbonyl (C=O) groups excluding carboxylic acids is 2. The zero-order valence-electron chi connectivity index (χ0n) is 15.3. The standard InChI is InChI=1S/C19H29N3O2S/c1-14(16-5-7-20-8-6-16)13-18(23)21-9-11-22(12-10-21)19(24)17-4-3-15(2)25-17/h3-4,14,16,20H,5-13H2,1-2H3. The lowest BCUT2D eigenvalue weighted by molar-refractivity contribution is -0.134. The minimum absolute atomic E-state index is 0.105. The molecule has 1 aromatic rings. The van der Waals surface area contributed by atoms with Crippen LogP contribution in [0.2, 0.25) is 0 Å². The summed E-state index contributed by atoms with van der Waals surface area (Å²) in [6.45, 7) is 8.99. The average Bonchev–Trinajstić information content (AvgIpc) is 3.08. The number of rotatable bonds is 4. The molecule has 3 rings (SSSR count). The van der Waals surface area contributed by atoms with Gasteiger partial charge >= 0.3 is 0 Å². The second kappa shape index (κ2) is 8.32. The number of aryl methyl sites for hydroxylation is 1. The van der Waals surface area contributed by atoms with E-state index in [0.29, 0.717) is 44.4 Å². The lowest BCUT2D eigenvalue weighted by Gasteiger charge is -2.36. The molecule has 1 atom stereocenters. The maximum absolute atomic E-state index is 12.6. The van der Waals surface area contributed by atoms with Gasteiger partial charge in [0.05, 0.1) is 4.88 Å². The Labute approximate surface area is 154 Å². The second-order valence-corrected chi connectivity index (χ2v) is 8.64. The Balaban J connectivity index is 1.46. The number of thiophene rings is 1. The van der Waals surface area contributed by atoms with E-state index < -0.39 is 0 Å². The zero-order valence-corrected chi connectivity index (χ0v) is 16.1. The summed E-state index contributed by atoms with van der Waals surface area (Å²) >= 11 is 1.54. The van der Waals surface area contributed by atoms with E-state index in [2.05, 4.69) is 12.2 Å². The first kappa shape index (κ1) is 18.4. The summed E-state index contributed by atoms with van der Waals surface area (Å²) in [5.41, 5.74) is 0. The third-order valence-corrected chi connectivity index (χ3v) is 6.54. The Morgan fingerprint density at radius 3 is 2.40 bits per heavy atom. The molecule has 1 unspecified atom stereocenters. The molecule has 0 bridgehead atoms. The number of carbonyl (C=O) groups is 2. The van der Waals surface area contributed by atoms with Gasteiger partial charge in [-0.2, -0.15) is 0 Å². The molecule has 138 valence electrons. The Morgan fingerprint density at radius 1 is 1.16 bits per heavy atom. The first-order chi connectivity index (χ1) is 12.0. The summed E-state index contributed by atoms with van der Waals surface area (Å²) in [7, 11) is 0. The van der Waals surface area contributed by atoms with E-state index in [-0.39, 0.29) is 11.8 Å². The van der Waals surface area contributed by atoms with Gasteiger partial charge in [0.15, 0.2) is 0 Å². The van der Waals surface area contributed by atoms with E-state index in [9.17, 15) is 9.59 Å². The van der Waals surface area contributed by atoms with Gasteiger partial charge in [-0.3, -0.25) is 9.59 Å². The van der Waals surface area contributed by atoms with Crippen LogP contribution in [0.25, 0.3) is 0 Å². The van der Waals surface area contributed by atoms with E-state index in [1.165, 1.54) is 12.8 Å². The van der Waals surface area contributed by atoms with Crippen LogP contribution in [-0.4, -0.2) is 60.9 Å². The number of hydrogen-bond acceptors (Lipinski definition) is 4. The molecule has 0 spiro atoms. The van der Waals surface area contributed by atoms with Crippen LogP contribution in [0.4, 0.5) is 0 Å². The predicted molar refractivity (Wildman–Crippen MR) is 101 cm³/mol. The van der Waals surface area contributed by atoms with Crippen molar-refractivity contribution >= 4 is 23.2 Å². The average molecular weight is 364 g/mol. The molecule has 0 saturated carbocycles. The Morgan fingerprint density at radius 2 is 1.80 bits per heavy atom. The molecule has 5 nitrogen and oxygen atoms in total. The Bertz CT molecular complexity index is 602. The largest absolute Gasteiger partial charge is 0.339 e. The normalized spacial score (nSPS) is 20.6. The molecule has 0 radical (unpaired) electrons. The Hall–Kier alpha value is -1.40. The molecule has 1 N–H and O–H groups in total. The molecule has 0 aromatic carbocycles. The number of hydrogen-bond donors (Lipinski definition) is 1. The lowest BCUT2D eigenvalue weighted by atomic mass is 9.84. The summed E-state index contributed by atoms with van der Waals surface area (Å²) in [4.78, 5) is 30.9. The van der Waals surface area contributed by atoms with Crippen LogP contribution in [0.15, 0.2) is 12.1 Å². The summed E-state index contributed by atoms with van der Waals surface area (Å²) in [5.74, 6) is 1.47. The van der Waals surface area contributed by atoms with Crippen molar-refractivity contribution in [3.8, 4) is 0 Å². The Kier molecular flexibility index (Phi) is 6.12. The molecular formula is C19H29N3O2S. The van der Waals surface area contributed by atoms with Gasteiger partial charge in [0, 0.05) is 37.5 Å². The first-order valence-corrected chi connectivity index (χ1v) is 10.2. The van der Waals surface area contributed by atoms with E-state index in [1.807, 2.05) is 28.9 Å². The van der Waals surface area contributed by atoms with Gasteiger partial charge in [-0.1, -0.05) is 6.92 Å². The van der Waals surface area contributed by atoms with Crippen molar-refractivity contribution in [3.63, 3.8) is 0 Å². The fraction of sp³-hybridized carbons (Fsp3) is 0.684. The third kappa shape index (κ3) is 4.61. The summed E-state index contributed by atoms with van der Waals surface area (Å²) in [6, 6.07) is 3.89. The van der Waals surface area contributed by atoms with Gasteiger partial charge in [0.2, 0.25) is 5.91 Å². The van der Waals surface area contributed by atoms with E-state index in [1.54, 1.807) is 11.3 Å². The molecule has 1 aromatic heterocycles. The lowest BCUT2D eigenvalue weighted by Crippen LogP contribution is -2.50. The van der Waals surface area contributed by atoms with E-state index >= 15 is 0 Å². The molecule has 25 heavy (non-hydrogen) atoms. The quantitative estimate of drug-likeness (QED) is 0.893. The van der Waals surface area contributed by atoms with Gasteiger partial charge in [-0.25, -0.2) is 0 Å². The smallest absolute Gasteiger partial charge is 0.264 e. The summed E-state index contributed by atoms with van der Waals surface area (Å²) in [6.07, 6.45) is 3.00. The van der Waals surface area contributed by atoms with Crippen molar-refractivity contribution in [1.29, 1.82) is 0 Å². The molecule has 2 amide bonds. The molecule has 2 fully saturated rings. The van der Waals surface area contributed by atoms with E-state index in [4.69, 9.17) is 0 Å². The predicted octanol–water partition coefficient (Wildman–Crippen LogP) is 2.37. The van der Waals surface area contributed by atoms with Crippen LogP contribution in [0.3, 0.4) is 0 Å². The van der Waals surface area contributed by atoms with Crippen LogP contribution in [-0.2, 0) is 4.79 Å². The highest BCUT2D eigenvalue weighted by atomic mass is 32.1. The number of amides is 2. The first-order valence-electron chi connectivity index (χ1n) is 9.39. The van der Waals surface area contributed by atoms with E-state index in [0.717, 1.165) is 22.8 Å². The SMILES string of the molecule is Cc1ccc(C(=O)N2CCN(C(=O)CC(C)C3CCNCC3)CC2)s1. The topological polar surface area (TPSA) is 52.7 Å². The molecule has 3 heterocycles. The van der Waals surface area contributed by atoms with Crippen molar-refractivity contribution in [1.82, 2.24) is 15.1 Å². The van der Waals surface area contributed by atoms with Crippen molar-refractivity contribution < 1.29 is 9.59 Å². The maximum Gasteiger partial charge on any atom is 0.264 e. The fourth-order valence-corrected chi connectivity index (χ4v) is 4.68. The zero-order chi connectivity index (χ0) is 17.8. The van der Waals surface area contributed by atoms with Crippen LogP contribution in [0, 0.1) is 18.8 Å². The second-order valence-electron chi connectivity index (χ2n) is 7.35. The van der Waals surface area contributed by atoms with Gasteiger partial charge in [0.25, 0.3) is 5.91 Å².